The summed E-state index contributed by atoms with van der Waals surface area (Å²) >= 11 is 0. The summed E-state index contributed by atoms with van der Waals surface area (Å²) in [6.07, 6.45) is 1.53. The van der Waals surface area contributed by atoms with Gasteiger partial charge in [0.2, 0.25) is 0 Å². The van der Waals surface area contributed by atoms with Crippen molar-refractivity contribution < 1.29 is 4.79 Å². The van der Waals surface area contributed by atoms with Gasteiger partial charge in [-0.1, -0.05) is 24.3 Å². The van der Waals surface area contributed by atoms with Crippen LogP contribution in [0.4, 0.5) is 5.69 Å². The highest BCUT2D eigenvalue weighted by atomic mass is 16.2. The van der Waals surface area contributed by atoms with E-state index in [9.17, 15) is 4.79 Å². The average Bonchev–Trinajstić information content (AvgIpc) is 2.49. The summed E-state index contributed by atoms with van der Waals surface area (Å²) in [5.74, 6) is -0.202. The molecule has 2 N–H and O–H groups in total. The molecule has 0 spiro atoms. The molecule has 2 aromatic rings. The molecule has 0 unspecified atom stereocenters. The molecule has 1 heterocycles. The molecular formula is C17H20N4O. The van der Waals surface area contributed by atoms with Crippen LogP contribution in [0.25, 0.3) is 0 Å². The van der Waals surface area contributed by atoms with Crippen LogP contribution in [0.5, 0.6) is 0 Å². The number of nitrogens with one attached hydrogen (secondary N) is 2. The lowest BCUT2D eigenvalue weighted by Crippen LogP contribution is -2.35. The molecule has 114 valence electrons. The molecule has 0 fully saturated rings. The number of hydrogen-bond donors (Lipinski definition) is 2. The predicted molar refractivity (Wildman–Crippen MR) is 89.0 cm³/mol. The second-order valence-electron chi connectivity index (χ2n) is 5.12. The summed E-state index contributed by atoms with van der Waals surface area (Å²) in [5, 5.41) is 7.11. The number of hydrogen-bond acceptors (Lipinski definition) is 4. The Morgan fingerprint density at radius 1 is 1.18 bits per heavy atom. The Labute approximate surface area is 130 Å². The lowest BCUT2D eigenvalue weighted by Gasteiger charge is -2.15. The number of rotatable bonds is 5. The second kappa shape index (κ2) is 7.36. The summed E-state index contributed by atoms with van der Waals surface area (Å²) in [5.41, 5.74) is 6.17. The third-order valence-corrected chi connectivity index (χ3v) is 3.19. The normalized spacial score (nSPS) is 12.1. The fraction of sp³-hybridized carbons (Fsp3) is 0.235. The van der Waals surface area contributed by atoms with E-state index in [4.69, 9.17) is 0 Å². The molecule has 22 heavy (non-hydrogen) atoms. The number of hydrazone groups is 1. The Balaban J connectivity index is 1.90. The van der Waals surface area contributed by atoms with Crippen molar-refractivity contribution in [3.05, 3.63) is 59.4 Å². The number of pyridine rings is 1. The molecule has 1 aromatic carbocycles. The third kappa shape index (κ3) is 4.41. The van der Waals surface area contributed by atoms with Crippen molar-refractivity contribution in [2.75, 3.05) is 5.32 Å². The smallest absolute Gasteiger partial charge is 0.262 e. The van der Waals surface area contributed by atoms with E-state index in [1.165, 1.54) is 6.21 Å². The molecule has 0 aliphatic heterocycles. The highest BCUT2D eigenvalue weighted by Gasteiger charge is 2.12. The van der Waals surface area contributed by atoms with Gasteiger partial charge in [-0.15, -0.1) is 0 Å². The van der Waals surface area contributed by atoms with Crippen molar-refractivity contribution in [3.8, 4) is 0 Å². The van der Waals surface area contributed by atoms with Gasteiger partial charge in [0.15, 0.2) is 0 Å². The van der Waals surface area contributed by atoms with Crippen LogP contribution >= 0.6 is 0 Å². The van der Waals surface area contributed by atoms with Crippen LogP contribution in [0.3, 0.4) is 0 Å². The van der Waals surface area contributed by atoms with Crippen LogP contribution in [-0.4, -0.2) is 23.1 Å². The van der Waals surface area contributed by atoms with Crippen LogP contribution in [0.2, 0.25) is 0 Å². The SMILES string of the molecule is Cc1cccc(/C=N\NC(=O)[C@@H](C)Nc2ccccc2C)n1. The monoisotopic (exact) mass is 296 g/mol. The van der Waals surface area contributed by atoms with Gasteiger partial charge in [-0.25, -0.2) is 5.43 Å². The molecule has 0 aliphatic carbocycles. The average molecular weight is 296 g/mol. The topological polar surface area (TPSA) is 66.4 Å². The lowest BCUT2D eigenvalue weighted by molar-refractivity contribution is -0.121. The van der Waals surface area contributed by atoms with Crippen molar-refractivity contribution in [3.63, 3.8) is 0 Å². The number of aryl methyl sites for hydroxylation is 2. The van der Waals surface area contributed by atoms with Crippen LogP contribution in [-0.2, 0) is 4.79 Å². The zero-order chi connectivity index (χ0) is 15.9. The Morgan fingerprint density at radius 2 is 1.95 bits per heavy atom. The molecule has 1 aromatic heterocycles. The van der Waals surface area contributed by atoms with Crippen molar-refractivity contribution >= 4 is 17.8 Å². The Bertz CT molecular complexity index is 682. The van der Waals surface area contributed by atoms with E-state index in [0.717, 1.165) is 16.9 Å². The number of anilines is 1. The Morgan fingerprint density at radius 3 is 2.68 bits per heavy atom. The van der Waals surface area contributed by atoms with E-state index in [1.54, 1.807) is 6.92 Å². The first kappa shape index (κ1) is 15.7. The second-order valence-corrected chi connectivity index (χ2v) is 5.12. The van der Waals surface area contributed by atoms with Crippen LogP contribution in [0.15, 0.2) is 47.6 Å². The first-order chi connectivity index (χ1) is 10.6. The van der Waals surface area contributed by atoms with Gasteiger partial charge in [-0.3, -0.25) is 9.78 Å². The Hall–Kier alpha value is -2.69. The van der Waals surface area contributed by atoms with Crippen molar-refractivity contribution in [1.29, 1.82) is 0 Å². The van der Waals surface area contributed by atoms with Crippen LogP contribution in [0, 0.1) is 13.8 Å². The fourth-order valence-electron chi connectivity index (χ4n) is 1.93. The summed E-state index contributed by atoms with van der Waals surface area (Å²) in [6.45, 7) is 5.70. The van der Waals surface area contributed by atoms with E-state index in [2.05, 4.69) is 20.8 Å². The van der Waals surface area contributed by atoms with Gasteiger partial charge in [-0.05, 0) is 44.5 Å². The van der Waals surface area contributed by atoms with Crippen LogP contribution < -0.4 is 10.7 Å². The molecule has 5 nitrogen and oxygen atoms in total. The molecule has 5 heteroatoms. The van der Waals surface area contributed by atoms with E-state index in [-0.39, 0.29) is 11.9 Å². The highest BCUT2D eigenvalue weighted by molar-refractivity contribution is 5.86. The van der Waals surface area contributed by atoms with Crippen molar-refractivity contribution in [2.24, 2.45) is 5.10 Å². The van der Waals surface area contributed by atoms with E-state index in [1.807, 2.05) is 56.3 Å². The number of benzene rings is 1. The number of carbonyl (C=O) groups is 1. The number of aromatic nitrogens is 1. The van der Waals surface area contributed by atoms with E-state index >= 15 is 0 Å². The standard InChI is InChI=1S/C17H20N4O/c1-12-7-4-5-10-16(12)20-14(3)17(22)21-18-11-15-9-6-8-13(2)19-15/h4-11,14,20H,1-3H3,(H,21,22)/b18-11-/t14-/m1/s1. The van der Waals surface area contributed by atoms with Gasteiger partial charge in [0, 0.05) is 11.4 Å². The number of nitrogens with zero attached hydrogens (tertiary/aromatic N) is 2. The van der Waals surface area contributed by atoms with Gasteiger partial charge < -0.3 is 5.32 Å². The molecule has 1 amide bonds. The number of carbonyl (C=O) groups excluding carboxylic acids is 1. The van der Waals surface area contributed by atoms with E-state index in [0.29, 0.717) is 5.69 Å². The van der Waals surface area contributed by atoms with Gasteiger partial charge in [0.05, 0.1) is 11.9 Å². The molecule has 2 rings (SSSR count). The quantitative estimate of drug-likeness (QED) is 0.658. The highest BCUT2D eigenvalue weighted by Crippen LogP contribution is 2.14. The van der Waals surface area contributed by atoms with Gasteiger partial charge in [0.25, 0.3) is 5.91 Å². The maximum absolute atomic E-state index is 12.0. The number of para-hydroxylation sites is 1. The molecular weight excluding hydrogens is 276 g/mol. The molecule has 1 atom stereocenters. The molecule has 0 bridgehead atoms. The first-order valence-corrected chi connectivity index (χ1v) is 7.15. The molecule has 0 aliphatic rings. The predicted octanol–water partition coefficient (Wildman–Crippen LogP) is 2.65. The molecule has 0 saturated heterocycles. The first-order valence-electron chi connectivity index (χ1n) is 7.15. The molecule has 0 saturated carbocycles. The minimum atomic E-state index is -0.385. The summed E-state index contributed by atoms with van der Waals surface area (Å²) < 4.78 is 0. The zero-order valence-electron chi connectivity index (χ0n) is 13.0. The summed E-state index contributed by atoms with van der Waals surface area (Å²) in [4.78, 5) is 16.3. The van der Waals surface area contributed by atoms with Crippen molar-refractivity contribution in [1.82, 2.24) is 10.4 Å². The zero-order valence-corrected chi connectivity index (χ0v) is 13.0. The maximum Gasteiger partial charge on any atom is 0.262 e. The lowest BCUT2D eigenvalue weighted by atomic mass is 10.2. The molecule has 0 radical (unpaired) electrons. The Kier molecular flexibility index (Phi) is 5.25. The maximum atomic E-state index is 12.0. The van der Waals surface area contributed by atoms with Gasteiger partial charge >= 0.3 is 0 Å². The fourth-order valence-corrected chi connectivity index (χ4v) is 1.93. The minimum Gasteiger partial charge on any atom is -0.374 e. The summed E-state index contributed by atoms with van der Waals surface area (Å²) in [6, 6.07) is 13.1. The minimum absolute atomic E-state index is 0.202. The third-order valence-electron chi connectivity index (χ3n) is 3.19. The van der Waals surface area contributed by atoms with Crippen molar-refractivity contribution in [2.45, 2.75) is 26.8 Å². The summed E-state index contributed by atoms with van der Waals surface area (Å²) in [7, 11) is 0. The van der Waals surface area contributed by atoms with Gasteiger partial charge in [-0.2, -0.15) is 5.10 Å². The van der Waals surface area contributed by atoms with Gasteiger partial charge in [0.1, 0.15) is 6.04 Å². The largest absolute Gasteiger partial charge is 0.374 e. The van der Waals surface area contributed by atoms with Crippen LogP contribution in [0.1, 0.15) is 23.9 Å². The van der Waals surface area contributed by atoms with E-state index < -0.39 is 0 Å². The number of amides is 1.